The summed E-state index contributed by atoms with van der Waals surface area (Å²) in [5.74, 6) is 1.26. The molecule has 1 heterocycles. The van der Waals surface area contributed by atoms with Crippen molar-refractivity contribution in [3.63, 3.8) is 0 Å². The van der Waals surface area contributed by atoms with Crippen LogP contribution in [0.15, 0.2) is 54.6 Å². The first-order chi connectivity index (χ1) is 9.85. The van der Waals surface area contributed by atoms with Crippen molar-refractivity contribution in [2.75, 3.05) is 7.05 Å². The summed E-state index contributed by atoms with van der Waals surface area (Å²) in [7, 11) is 1.88. The van der Waals surface area contributed by atoms with Crippen LogP contribution in [0.1, 0.15) is 5.69 Å². The van der Waals surface area contributed by atoms with E-state index in [-0.39, 0.29) is 0 Å². The van der Waals surface area contributed by atoms with E-state index in [1.807, 2.05) is 49.5 Å². The Morgan fingerprint density at radius 1 is 0.950 bits per heavy atom. The lowest BCUT2D eigenvalue weighted by molar-refractivity contribution is 0.454. The largest absolute Gasteiger partial charge is 0.438 e. The van der Waals surface area contributed by atoms with E-state index in [9.17, 15) is 0 Å². The van der Waals surface area contributed by atoms with E-state index < -0.39 is 0 Å². The lowest BCUT2D eigenvalue weighted by Crippen LogP contribution is -2.07. The molecular weight excluding hydrogens is 250 g/mol. The predicted octanol–water partition coefficient (Wildman–Crippen LogP) is 3.14. The molecule has 2 aromatic carbocycles. The van der Waals surface area contributed by atoms with Crippen molar-refractivity contribution < 1.29 is 4.74 Å². The molecule has 1 aromatic heterocycles. The van der Waals surface area contributed by atoms with E-state index in [0.29, 0.717) is 12.4 Å². The number of nitrogens with one attached hydrogen (secondary N) is 1. The van der Waals surface area contributed by atoms with Crippen molar-refractivity contribution in [1.82, 2.24) is 15.5 Å². The Bertz CT molecular complexity index is 710. The van der Waals surface area contributed by atoms with Crippen LogP contribution < -0.4 is 10.1 Å². The van der Waals surface area contributed by atoms with Crippen LogP contribution in [0.4, 0.5) is 0 Å². The molecule has 0 fully saturated rings. The Labute approximate surface area is 117 Å². The summed E-state index contributed by atoms with van der Waals surface area (Å²) in [6.07, 6.45) is 0. The van der Waals surface area contributed by atoms with Gasteiger partial charge in [0, 0.05) is 12.6 Å². The zero-order valence-corrected chi connectivity index (χ0v) is 11.2. The average Bonchev–Trinajstić information content (AvgIpc) is 2.49. The first-order valence-corrected chi connectivity index (χ1v) is 6.49. The molecule has 4 heteroatoms. The molecule has 3 aromatic rings. The average molecular weight is 265 g/mol. The van der Waals surface area contributed by atoms with Gasteiger partial charge in [0.2, 0.25) is 5.88 Å². The number of hydrogen-bond acceptors (Lipinski definition) is 4. The monoisotopic (exact) mass is 265 g/mol. The zero-order valence-electron chi connectivity index (χ0n) is 11.2. The molecule has 0 aliphatic carbocycles. The molecule has 0 saturated carbocycles. The van der Waals surface area contributed by atoms with Gasteiger partial charge < -0.3 is 10.1 Å². The lowest BCUT2D eigenvalue weighted by Gasteiger charge is -2.06. The highest BCUT2D eigenvalue weighted by Crippen LogP contribution is 2.24. The standard InChI is InChI=1S/C16H15N3O/c1-17-11-14-7-9-16(19-18-14)20-15-8-6-12-4-2-3-5-13(12)10-15/h2-10,17H,11H2,1H3. The fourth-order valence-electron chi connectivity index (χ4n) is 2.03. The fraction of sp³-hybridized carbons (Fsp3) is 0.125. The second kappa shape index (κ2) is 5.67. The maximum absolute atomic E-state index is 5.73. The highest BCUT2D eigenvalue weighted by atomic mass is 16.5. The minimum atomic E-state index is 0.500. The van der Waals surface area contributed by atoms with Crippen molar-refractivity contribution in [2.24, 2.45) is 0 Å². The van der Waals surface area contributed by atoms with Gasteiger partial charge in [-0.1, -0.05) is 30.3 Å². The summed E-state index contributed by atoms with van der Waals surface area (Å²) in [6, 6.07) is 17.9. The molecule has 0 amide bonds. The molecular formula is C16H15N3O. The normalized spacial score (nSPS) is 10.7. The van der Waals surface area contributed by atoms with Gasteiger partial charge in [-0.3, -0.25) is 0 Å². The molecule has 4 nitrogen and oxygen atoms in total. The van der Waals surface area contributed by atoms with E-state index in [2.05, 4.69) is 27.6 Å². The van der Waals surface area contributed by atoms with Crippen molar-refractivity contribution >= 4 is 10.8 Å². The zero-order chi connectivity index (χ0) is 13.8. The second-order valence-electron chi connectivity index (χ2n) is 4.50. The highest BCUT2D eigenvalue weighted by Gasteiger charge is 2.01. The minimum absolute atomic E-state index is 0.500. The maximum atomic E-state index is 5.73. The smallest absolute Gasteiger partial charge is 0.238 e. The SMILES string of the molecule is CNCc1ccc(Oc2ccc3ccccc3c2)nn1. The van der Waals surface area contributed by atoms with Crippen LogP contribution in [0.2, 0.25) is 0 Å². The van der Waals surface area contributed by atoms with Gasteiger partial charge in [-0.15, -0.1) is 5.10 Å². The fourth-order valence-corrected chi connectivity index (χ4v) is 2.03. The van der Waals surface area contributed by atoms with Crippen LogP contribution >= 0.6 is 0 Å². The van der Waals surface area contributed by atoms with Gasteiger partial charge in [0.05, 0.1) is 5.69 Å². The van der Waals surface area contributed by atoms with Crippen LogP contribution in [-0.4, -0.2) is 17.2 Å². The third-order valence-electron chi connectivity index (χ3n) is 3.00. The van der Waals surface area contributed by atoms with E-state index in [1.165, 1.54) is 5.39 Å². The van der Waals surface area contributed by atoms with Gasteiger partial charge in [-0.25, -0.2) is 0 Å². The topological polar surface area (TPSA) is 47.0 Å². The number of ether oxygens (including phenoxy) is 1. The molecule has 0 saturated heterocycles. The Balaban J connectivity index is 1.81. The summed E-state index contributed by atoms with van der Waals surface area (Å²) in [6.45, 7) is 0.698. The molecule has 0 bridgehead atoms. The van der Waals surface area contributed by atoms with Gasteiger partial charge >= 0.3 is 0 Å². The molecule has 1 N–H and O–H groups in total. The van der Waals surface area contributed by atoms with Crippen molar-refractivity contribution in [3.05, 3.63) is 60.3 Å². The number of aromatic nitrogens is 2. The molecule has 100 valence electrons. The third kappa shape index (κ3) is 2.75. The molecule has 3 rings (SSSR count). The third-order valence-corrected chi connectivity index (χ3v) is 3.00. The molecule has 20 heavy (non-hydrogen) atoms. The van der Waals surface area contributed by atoms with E-state index >= 15 is 0 Å². The van der Waals surface area contributed by atoms with Gasteiger partial charge in [-0.2, -0.15) is 5.10 Å². The Hall–Kier alpha value is -2.46. The molecule has 0 radical (unpaired) electrons. The predicted molar refractivity (Wildman–Crippen MR) is 78.8 cm³/mol. The van der Waals surface area contributed by atoms with Crippen molar-refractivity contribution in [2.45, 2.75) is 6.54 Å². The van der Waals surface area contributed by atoms with E-state index in [1.54, 1.807) is 0 Å². The number of rotatable bonds is 4. The Kier molecular flexibility index (Phi) is 3.56. The highest BCUT2D eigenvalue weighted by molar-refractivity contribution is 5.83. The summed E-state index contributed by atoms with van der Waals surface area (Å²) in [5, 5.41) is 13.5. The Morgan fingerprint density at radius 2 is 1.80 bits per heavy atom. The number of fused-ring (bicyclic) bond motifs is 1. The Morgan fingerprint density at radius 3 is 2.55 bits per heavy atom. The van der Waals surface area contributed by atoms with Crippen LogP contribution in [-0.2, 0) is 6.54 Å². The van der Waals surface area contributed by atoms with E-state index in [0.717, 1.165) is 16.8 Å². The second-order valence-corrected chi connectivity index (χ2v) is 4.50. The van der Waals surface area contributed by atoms with Crippen LogP contribution in [0, 0.1) is 0 Å². The quantitative estimate of drug-likeness (QED) is 0.787. The summed E-state index contributed by atoms with van der Waals surface area (Å²) in [5.41, 5.74) is 0.887. The van der Waals surface area contributed by atoms with Crippen LogP contribution in [0.25, 0.3) is 10.8 Å². The minimum Gasteiger partial charge on any atom is -0.438 e. The molecule has 0 aliphatic heterocycles. The van der Waals surface area contributed by atoms with Gasteiger partial charge in [-0.05, 0) is 36.0 Å². The summed E-state index contributed by atoms with van der Waals surface area (Å²) in [4.78, 5) is 0. The first-order valence-electron chi connectivity index (χ1n) is 6.49. The van der Waals surface area contributed by atoms with Crippen LogP contribution in [0.3, 0.4) is 0 Å². The first kappa shape index (κ1) is 12.6. The lowest BCUT2D eigenvalue weighted by atomic mass is 10.1. The van der Waals surface area contributed by atoms with Crippen molar-refractivity contribution in [3.8, 4) is 11.6 Å². The molecule has 0 aliphatic rings. The van der Waals surface area contributed by atoms with E-state index in [4.69, 9.17) is 4.74 Å². The maximum Gasteiger partial charge on any atom is 0.238 e. The number of benzene rings is 2. The molecule has 0 atom stereocenters. The van der Waals surface area contributed by atoms with Crippen molar-refractivity contribution in [1.29, 1.82) is 0 Å². The molecule has 0 spiro atoms. The van der Waals surface area contributed by atoms with Gasteiger partial charge in [0.1, 0.15) is 5.75 Å². The molecule has 0 unspecified atom stereocenters. The van der Waals surface area contributed by atoms with Crippen LogP contribution in [0.5, 0.6) is 11.6 Å². The summed E-state index contributed by atoms with van der Waals surface area (Å²) >= 11 is 0. The number of hydrogen-bond donors (Lipinski definition) is 1. The number of nitrogens with zero attached hydrogens (tertiary/aromatic N) is 2. The summed E-state index contributed by atoms with van der Waals surface area (Å²) < 4.78 is 5.73. The van der Waals surface area contributed by atoms with Gasteiger partial charge in [0.25, 0.3) is 0 Å². The van der Waals surface area contributed by atoms with Gasteiger partial charge in [0.15, 0.2) is 0 Å².